The number of aromatic nitrogens is 4. The van der Waals surface area contributed by atoms with Crippen LogP contribution in [0.1, 0.15) is 12.8 Å². The van der Waals surface area contributed by atoms with Crippen LogP contribution in [-0.2, 0) is 9.47 Å². The quantitative estimate of drug-likeness (QED) is 0.667. The van der Waals surface area contributed by atoms with E-state index in [1.54, 1.807) is 12.5 Å². The fourth-order valence-electron chi connectivity index (χ4n) is 2.98. The van der Waals surface area contributed by atoms with Crippen molar-refractivity contribution in [1.29, 1.82) is 0 Å². The normalized spacial score (nSPS) is 17.2. The smallest absolute Gasteiger partial charge is 0.168 e. The van der Waals surface area contributed by atoms with Crippen molar-refractivity contribution in [3.8, 4) is 5.69 Å². The second kappa shape index (κ2) is 7.58. The summed E-state index contributed by atoms with van der Waals surface area (Å²) in [6.45, 7) is 2.80. The van der Waals surface area contributed by atoms with Gasteiger partial charge < -0.3 is 14.8 Å². The van der Waals surface area contributed by atoms with Crippen LogP contribution in [0.5, 0.6) is 0 Å². The Morgan fingerprint density at radius 1 is 1.24 bits per heavy atom. The molecule has 0 radical (unpaired) electrons. The maximum atomic E-state index is 5.67. The first-order valence-corrected chi connectivity index (χ1v) is 8.59. The lowest BCUT2D eigenvalue weighted by Crippen LogP contribution is -2.18. The molecule has 1 fully saturated rings. The molecule has 7 nitrogen and oxygen atoms in total. The van der Waals surface area contributed by atoms with Gasteiger partial charge in [0.1, 0.15) is 12.1 Å². The van der Waals surface area contributed by atoms with Crippen LogP contribution < -0.4 is 5.32 Å². The van der Waals surface area contributed by atoms with E-state index < -0.39 is 0 Å². The largest absolute Gasteiger partial charge is 0.377 e. The number of hydrogen-bond acceptors (Lipinski definition) is 6. The first-order valence-electron chi connectivity index (χ1n) is 8.59. The van der Waals surface area contributed by atoms with Crippen LogP contribution in [0.3, 0.4) is 0 Å². The molecule has 0 aliphatic carbocycles. The van der Waals surface area contributed by atoms with Crippen molar-refractivity contribution in [3.05, 3.63) is 42.9 Å². The third-order valence-corrected chi connectivity index (χ3v) is 4.23. The summed E-state index contributed by atoms with van der Waals surface area (Å²) in [6.07, 6.45) is 5.83. The number of benzene rings is 1. The first kappa shape index (κ1) is 16.0. The van der Waals surface area contributed by atoms with E-state index in [0.717, 1.165) is 42.0 Å². The Bertz CT molecular complexity index is 815. The number of fused-ring (bicyclic) bond motifs is 1. The maximum absolute atomic E-state index is 5.67. The average Bonchev–Trinajstić information content (AvgIpc) is 3.32. The van der Waals surface area contributed by atoms with Gasteiger partial charge in [-0.1, -0.05) is 18.2 Å². The number of ether oxygens (including phenoxy) is 2. The summed E-state index contributed by atoms with van der Waals surface area (Å²) in [5.74, 6) is 0.771. The molecule has 1 N–H and O–H groups in total. The van der Waals surface area contributed by atoms with Crippen LogP contribution in [0.4, 0.5) is 5.82 Å². The molecule has 1 atom stereocenters. The lowest BCUT2D eigenvalue weighted by atomic mass is 10.2. The van der Waals surface area contributed by atoms with Crippen LogP contribution in [-0.4, -0.2) is 52.2 Å². The fourth-order valence-corrected chi connectivity index (χ4v) is 2.98. The van der Waals surface area contributed by atoms with Crippen molar-refractivity contribution in [2.24, 2.45) is 0 Å². The monoisotopic (exact) mass is 339 g/mol. The van der Waals surface area contributed by atoms with E-state index in [1.807, 2.05) is 35.0 Å². The molecule has 7 heteroatoms. The topological polar surface area (TPSA) is 74.1 Å². The highest BCUT2D eigenvalue weighted by atomic mass is 16.5. The number of hydrogen-bond donors (Lipinski definition) is 1. The second-order valence-electron chi connectivity index (χ2n) is 5.99. The van der Waals surface area contributed by atoms with Gasteiger partial charge in [0.2, 0.25) is 0 Å². The van der Waals surface area contributed by atoms with Crippen LogP contribution in [0.15, 0.2) is 42.9 Å². The van der Waals surface area contributed by atoms with Gasteiger partial charge in [-0.2, -0.15) is 5.10 Å². The van der Waals surface area contributed by atoms with E-state index in [2.05, 4.69) is 20.4 Å². The number of nitrogens with one attached hydrogen (secondary N) is 1. The van der Waals surface area contributed by atoms with Crippen LogP contribution in [0.2, 0.25) is 0 Å². The molecule has 130 valence electrons. The highest BCUT2D eigenvalue weighted by Crippen LogP contribution is 2.21. The van der Waals surface area contributed by atoms with Gasteiger partial charge in [0.25, 0.3) is 0 Å². The summed E-state index contributed by atoms with van der Waals surface area (Å²) in [5.41, 5.74) is 1.76. The number of rotatable bonds is 7. The van der Waals surface area contributed by atoms with E-state index >= 15 is 0 Å². The van der Waals surface area contributed by atoms with Crippen molar-refractivity contribution in [1.82, 2.24) is 19.7 Å². The van der Waals surface area contributed by atoms with Crippen LogP contribution >= 0.6 is 0 Å². The molecule has 1 aliphatic rings. The molecular weight excluding hydrogens is 318 g/mol. The molecule has 0 spiro atoms. The average molecular weight is 339 g/mol. The summed E-state index contributed by atoms with van der Waals surface area (Å²) >= 11 is 0. The molecule has 3 heterocycles. The highest BCUT2D eigenvalue weighted by Gasteiger charge is 2.15. The third-order valence-electron chi connectivity index (χ3n) is 4.23. The van der Waals surface area contributed by atoms with Crippen molar-refractivity contribution in [3.63, 3.8) is 0 Å². The molecule has 3 aromatic rings. The summed E-state index contributed by atoms with van der Waals surface area (Å²) in [4.78, 5) is 8.71. The van der Waals surface area contributed by atoms with Gasteiger partial charge in [0.15, 0.2) is 5.65 Å². The van der Waals surface area contributed by atoms with Crippen molar-refractivity contribution in [2.45, 2.75) is 18.9 Å². The van der Waals surface area contributed by atoms with Gasteiger partial charge in [-0.05, 0) is 25.0 Å². The SMILES string of the molecule is c1ccc(-n2ncc3c(NCCOCC4CCCO4)ncnc32)cc1. The molecule has 0 saturated carbocycles. The van der Waals surface area contributed by atoms with Gasteiger partial charge in [-0.3, -0.25) is 0 Å². The zero-order valence-corrected chi connectivity index (χ0v) is 14.0. The summed E-state index contributed by atoms with van der Waals surface area (Å²) in [6, 6.07) is 9.94. The Hall–Kier alpha value is -2.51. The van der Waals surface area contributed by atoms with Crippen molar-refractivity contribution >= 4 is 16.9 Å². The minimum absolute atomic E-state index is 0.259. The Kier molecular flexibility index (Phi) is 4.85. The van der Waals surface area contributed by atoms with E-state index in [9.17, 15) is 0 Å². The molecule has 0 amide bonds. The Morgan fingerprint density at radius 2 is 2.16 bits per heavy atom. The number of nitrogens with zero attached hydrogens (tertiary/aromatic N) is 4. The van der Waals surface area contributed by atoms with E-state index in [4.69, 9.17) is 9.47 Å². The molecule has 1 unspecified atom stereocenters. The maximum Gasteiger partial charge on any atom is 0.168 e. The molecule has 1 aliphatic heterocycles. The standard InChI is InChI=1S/C18H21N5O2/c1-2-5-14(6-3-1)23-18-16(11-22-23)17(20-13-21-18)19-8-10-24-12-15-7-4-9-25-15/h1-3,5-6,11,13,15H,4,7-10,12H2,(H,19,20,21). The number of anilines is 1. The lowest BCUT2D eigenvalue weighted by molar-refractivity contribution is 0.0206. The second-order valence-corrected chi connectivity index (χ2v) is 5.99. The van der Waals surface area contributed by atoms with E-state index in [-0.39, 0.29) is 6.10 Å². The Labute approximate surface area is 146 Å². The van der Waals surface area contributed by atoms with Gasteiger partial charge in [0, 0.05) is 13.2 Å². The molecule has 0 bridgehead atoms. The van der Waals surface area contributed by atoms with Crippen LogP contribution in [0, 0.1) is 0 Å². The molecule has 25 heavy (non-hydrogen) atoms. The third kappa shape index (κ3) is 3.62. The minimum atomic E-state index is 0.259. The zero-order valence-electron chi connectivity index (χ0n) is 14.0. The summed E-state index contributed by atoms with van der Waals surface area (Å²) < 4.78 is 13.0. The van der Waals surface area contributed by atoms with Gasteiger partial charge in [0.05, 0.1) is 36.6 Å². The van der Waals surface area contributed by atoms with Gasteiger partial charge in [-0.25, -0.2) is 14.6 Å². The van der Waals surface area contributed by atoms with Gasteiger partial charge >= 0.3 is 0 Å². The van der Waals surface area contributed by atoms with E-state index in [1.165, 1.54) is 0 Å². The van der Waals surface area contributed by atoms with Crippen molar-refractivity contribution < 1.29 is 9.47 Å². The first-order chi connectivity index (χ1) is 12.4. The summed E-state index contributed by atoms with van der Waals surface area (Å²) in [5, 5.41) is 8.65. The fraction of sp³-hybridized carbons (Fsp3) is 0.389. The zero-order chi connectivity index (χ0) is 16.9. The molecule has 4 rings (SSSR count). The Balaban J connectivity index is 1.39. The minimum Gasteiger partial charge on any atom is -0.377 e. The number of para-hydroxylation sites is 1. The summed E-state index contributed by atoms with van der Waals surface area (Å²) in [7, 11) is 0. The highest BCUT2D eigenvalue weighted by molar-refractivity contribution is 5.87. The molecule has 1 saturated heterocycles. The predicted octanol–water partition coefficient (Wildman–Crippen LogP) is 2.42. The molecular formula is C18H21N5O2. The molecule has 2 aromatic heterocycles. The lowest BCUT2D eigenvalue weighted by Gasteiger charge is -2.11. The van der Waals surface area contributed by atoms with E-state index in [0.29, 0.717) is 19.8 Å². The van der Waals surface area contributed by atoms with Gasteiger partial charge in [-0.15, -0.1) is 0 Å². The van der Waals surface area contributed by atoms with Crippen LogP contribution in [0.25, 0.3) is 16.7 Å². The van der Waals surface area contributed by atoms with Crippen molar-refractivity contribution in [2.75, 3.05) is 31.7 Å². The Morgan fingerprint density at radius 3 is 3.00 bits per heavy atom. The molecule has 1 aromatic carbocycles. The predicted molar refractivity (Wildman–Crippen MR) is 94.9 cm³/mol.